The van der Waals surface area contributed by atoms with E-state index in [1.54, 1.807) is 0 Å². The third-order valence-electron chi connectivity index (χ3n) is 3.79. The van der Waals surface area contributed by atoms with Gasteiger partial charge in [-0.1, -0.05) is 5.16 Å². The predicted molar refractivity (Wildman–Crippen MR) is 62.9 cm³/mol. The van der Waals surface area contributed by atoms with Gasteiger partial charge in [-0.25, -0.2) is 0 Å². The van der Waals surface area contributed by atoms with Gasteiger partial charge in [-0.3, -0.25) is 4.90 Å². The molecule has 0 aliphatic heterocycles. The van der Waals surface area contributed by atoms with Gasteiger partial charge >= 0.3 is 0 Å². The highest BCUT2D eigenvalue weighted by atomic mass is 16.5. The molecule has 5 nitrogen and oxygen atoms in total. The molecular formula is C12H20N4O. The van der Waals surface area contributed by atoms with Crippen molar-refractivity contribution < 1.29 is 4.52 Å². The van der Waals surface area contributed by atoms with Crippen molar-refractivity contribution in [3.8, 4) is 0 Å². The minimum Gasteiger partial charge on any atom is -0.338 e. The van der Waals surface area contributed by atoms with Crippen molar-refractivity contribution in [1.29, 1.82) is 0 Å². The molecule has 0 atom stereocenters. The Hall–Kier alpha value is -0.940. The SMILES string of the molecule is CN(Cc1noc(CN)n1)C(C1CC1)C1CC1. The van der Waals surface area contributed by atoms with Crippen molar-refractivity contribution in [2.75, 3.05) is 7.05 Å². The zero-order valence-electron chi connectivity index (χ0n) is 10.3. The smallest absolute Gasteiger partial charge is 0.240 e. The van der Waals surface area contributed by atoms with E-state index in [9.17, 15) is 0 Å². The highest BCUT2D eigenvalue weighted by molar-refractivity contribution is 4.98. The predicted octanol–water partition coefficient (Wildman–Crippen LogP) is 1.15. The van der Waals surface area contributed by atoms with Gasteiger partial charge in [0.2, 0.25) is 5.89 Å². The van der Waals surface area contributed by atoms with Crippen LogP contribution in [-0.4, -0.2) is 28.1 Å². The summed E-state index contributed by atoms with van der Waals surface area (Å²) in [5.74, 6) is 3.11. The molecule has 0 saturated heterocycles. The minimum absolute atomic E-state index is 0.325. The summed E-state index contributed by atoms with van der Waals surface area (Å²) in [6.07, 6.45) is 5.58. The molecule has 0 aromatic carbocycles. The zero-order chi connectivity index (χ0) is 11.8. The molecule has 1 aromatic heterocycles. The number of nitrogens with two attached hydrogens (primary N) is 1. The molecule has 3 rings (SSSR count). The molecule has 1 heterocycles. The summed E-state index contributed by atoms with van der Waals surface area (Å²) in [4.78, 5) is 6.67. The van der Waals surface area contributed by atoms with Gasteiger partial charge in [-0.05, 0) is 44.6 Å². The van der Waals surface area contributed by atoms with Gasteiger partial charge in [0, 0.05) is 6.04 Å². The lowest BCUT2D eigenvalue weighted by Gasteiger charge is -2.26. The second-order valence-corrected chi connectivity index (χ2v) is 5.39. The van der Waals surface area contributed by atoms with Crippen LogP contribution < -0.4 is 5.73 Å². The lowest BCUT2D eigenvalue weighted by molar-refractivity contribution is 0.180. The van der Waals surface area contributed by atoms with Gasteiger partial charge in [0.15, 0.2) is 5.82 Å². The molecule has 0 amide bonds. The fourth-order valence-electron chi connectivity index (χ4n) is 2.75. The molecule has 0 bridgehead atoms. The summed E-state index contributed by atoms with van der Waals surface area (Å²) in [7, 11) is 2.18. The zero-order valence-corrected chi connectivity index (χ0v) is 10.3. The molecule has 2 saturated carbocycles. The fraction of sp³-hybridized carbons (Fsp3) is 0.833. The van der Waals surface area contributed by atoms with Crippen molar-refractivity contribution >= 4 is 0 Å². The molecule has 0 unspecified atom stereocenters. The molecular weight excluding hydrogens is 216 g/mol. The fourth-order valence-corrected chi connectivity index (χ4v) is 2.75. The number of hydrogen-bond acceptors (Lipinski definition) is 5. The second kappa shape index (κ2) is 4.38. The van der Waals surface area contributed by atoms with Gasteiger partial charge < -0.3 is 10.3 Å². The second-order valence-electron chi connectivity index (χ2n) is 5.39. The van der Waals surface area contributed by atoms with Gasteiger partial charge in [-0.15, -0.1) is 0 Å². The van der Waals surface area contributed by atoms with Gasteiger partial charge in [0.25, 0.3) is 0 Å². The summed E-state index contributed by atoms with van der Waals surface area (Å²) in [5, 5.41) is 3.96. The van der Waals surface area contributed by atoms with Crippen LogP contribution in [0.4, 0.5) is 0 Å². The van der Waals surface area contributed by atoms with E-state index in [2.05, 4.69) is 22.1 Å². The number of hydrogen-bond donors (Lipinski definition) is 1. The van der Waals surface area contributed by atoms with Crippen LogP contribution >= 0.6 is 0 Å². The Morgan fingerprint density at radius 3 is 2.47 bits per heavy atom. The molecule has 0 radical (unpaired) electrons. The van der Waals surface area contributed by atoms with Crippen LogP contribution in [0, 0.1) is 11.8 Å². The average Bonchev–Trinajstić information content (AvgIpc) is 3.22. The van der Waals surface area contributed by atoms with Gasteiger partial charge in [0.1, 0.15) is 0 Å². The van der Waals surface area contributed by atoms with Crippen LogP contribution in [0.2, 0.25) is 0 Å². The van der Waals surface area contributed by atoms with E-state index in [1.165, 1.54) is 25.7 Å². The van der Waals surface area contributed by atoms with Gasteiger partial charge in [-0.2, -0.15) is 4.98 Å². The van der Waals surface area contributed by atoms with E-state index in [1.807, 2.05) is 0 Å². The van der Waals surface area contributed by atoms with Crippen LogP contribution in [0.5, 0.6) is 0 Å². The molecule has 17 heavy (non-hydrogen) atoms. The van der Waals surface area contributed by atoms with Gasteiger partial charge in [0.05, 0.1) is 13.1 Å². The maximum atomic E-state index is 5.46. The molecule has 5 heteroatoms. The highest BCUT2D eigenvalue weighted by Gasteiger charge is 2.43. The lowest BCUT2D eigenvalue weighted by atomic mass is 10.1. The Morgan fingerprint density at radius 2 is 2.00 bits per heavy atom. The normalized spacial score (nSPS) is 20.5. The van der Waals surface area contributed by atoms with E-state index in [0.29, 0.717) is 12.4 Å². The molecule has 0 spiro atoms. The highest BCUT2D eigenvalue weighted by Crippen LogP contribution is 2.46. The summed E-state index contributed by atoms with van der Waals surface area (Å²) >= 11 is 0. The summed E-state index contributed by atoms with van der Waals surface area (Å²) in [6, 6.07) is 0.731. The standard InChI is InChI=1S/C12H20N4O/c1-16(7-10-14-11(6-13)17-15-10)12(8-2-3-8)9-4-5-9/h8-9,12H,2-7,13H2,1H3. The Kier molecular flexibility index (Phi) is 2.88. The van der Waals surface area contributed by atoms with E-state index < -0.39 is 0 Å². The minimum atomic E-state index is 0.325. The monoisotopic (exact) mass is 236 g/mol. The number of rotatable bonds is 6. The molecule has 94 valence electrons. The summed E-state index contributed by atoms with van der Waals surface area (Å²) < 4.78 is 5.03. The third-order valence-corrected chi connectivity index (χ3v) is 3.79. The summed E-state index contributed by atoms with van der Waals surface area (Å²) in [5.41, 5.74) is 5.46. The van der Waals surface area contributed by atoms with E-state index >= 15 is 0 Å². The molecule has 2 N–H and O–H groups in total. The third kappa shape index (κ3) is 2.50. The van der Waals surface area contributed by atoms with Crippen molar-refractivity contribution in [2.24, 2.45) is 17.6 Å². The van der Waals surface area contributed by atoms with Crippen molar-refractivity contribution in [2.45, 2.75) is 44.8 Å². The maximum Gasteiger partial charge on any atom is 0.240 e. The van der Waals surface area contributed by atoms with E-state index in [0.717, 1.165) is 30.2 Å². The first-order chi connectivity index (χ1) is 8.28. The van der Waals surface area contributed by atoms with E-state index in [4.69, 9.17) is 10.3 Å². The summed E-state index contributed by atoms with van der Waals surface area (Å²) in [6.45, 7) is 1.10. The Morgan fingerprint density at radius 1 is 1.35 bits per heavy atom. The van der Waals surface area contributed by atoms with Crippen molar-refractivity contribution in [1.82, 2.24) is 15.0 Å². The van der Waals surface area contributed by atoms with Crippen LogP contribution in [-0.2, 0) is 13.1 Å². The molecule has 2 fully saturated rings. The topological polar surface area (TPSA) is 68.2 Å². The first kappa shape index (κ1) is 11.2. The van der Waals surface area contributed by atoms with Crippen LogP contribution in [0.1, 0.15) is 37.4 Å². The van der Waals surface area contributed by atoms with Crippen LogP contribution in [0.15, 0.2) is 4.52 Å². The largest absolute Gasteiger partial charge is 0.338 e. The van der Waals surface area contributed by atoms with Crippen molar-refractivity contribution in [3.05, 3.63) is 11.7 Å². The number of aromatic nitrogens is 2. The van der Waals surface area contributed by atoms with Crippen LogP contribution in [0.25, 0.3) is 0 Å². The Labute approximate surface area is 101 Å². The Balaban J connectivity index is 1.62. The quantitative estimate of drug-likeness (QED) is 0.802. The lowest BCUT2D eigenvalue weighted by Crippen LogP contribution is -2.35. The first-order valence-electron chi connectivity index (χ1n) is 6.49. The number of nitrogens with zero attached hydrogens (tertiary/aromatic N) is 3. The average molecular weight is 236 g/mol. The molecule has 2 aliphatic rings. The molecule has 1 aromatic rings. The van der Waals surface area contributed by atoms with E-state index in [-0.39, 0.29) is 0 Å². The maximum absolute atomic E-state index is 5.46. The molecule has 2 aliphatic carbocycles. The first-order valence-corrected chi connectivity index (χ1v) is 6.49. The Bertz CT molecular complexity index is 372. The van der Waals surface area contributed by atoms with Crippen LogP contribution in [0.3, 0.4) is 0 Å². The van der Waals surface area contributed by atoms with Crippen molar-refractivity contribution in [3.63, 3.8) is 0 Å².